The Kier molecular flexibility index (Phi) is 1.69. The zero-order valence-electron chi connectivity index (χ0n) is 8.34. The number of imidazole rings is 1. The van der Waals surface area contributed by atoms with Crippen molar-refractivity contribution in [3.63, 3.8) is 0 Å². The first-order chi connectivity index (χ1) is 6.80. The molecule has 0 amide bonds. The molecule has 0 bridgehead atoms. The number of H-pyrrole nitrogens is 1. The van der Waals surface area contributed by atoms with Crippen LogP contribution in [0.15, 0.2) is 6.33 Å². The summed E-state index contributed by atoms with van der Waals surface area (Å²) < 4.78 is 5.66. The molecule has 2 atom stereocenters. The highest BCUT2D eigenvalue weighted by atomic mass is 16.5. The Hall–Kier alpha value is -0.870. The fraction of sp³-hybridized carbons (Fsp3) is 0.700. The van der Waals surface area contributed by atoms with Crippen molar-refractivity contribution in [3.8, 4) is 0 Å². The highest BCUT2D eigenvalue weighted by Crippen LogP contribution is 2.36. The monoisotopic (exact) mass is 193 g/mol. The number of hydrogen-bond acceptors (Lipinski definition) is 3. The largest absolute Gasteiger partial charge is 0.376 e. The molecule has 0 aliphatic carbocycles. The van der Waals surface area contributed by atoms with E-state index in [2.05, 4.69) is 22.2 Å². The Morgan fingerprint density at radius 3 is 3.36 bits per heavy atom. The summed E-state index contributed by atoms with van der Waals surface area (Å²) in [7, 11) is 0. The van der Waals surface area contributed by atoms with Gasteiger partial charge in [-0.25, -0.2) is 4.98 Å². The Balaban J connectivity index is 2.03. The quantitative estimate of drug-likeness (QED) is 0.633. The fourth-order valence-electron chi connectivity index (χ4n) is 2.62. The number of aromatic nitrogens is 2. The highest BCUT2D eigenvalue weighted by molar-refractivity contribution is 5.26. The van der Waals surface area contributed by atoms with Gasteiger partial charge in [0.2, 0.25) is 0 Å². The maximum absolute atomic E-state index is 5.66. The van der Waals surface area contributed by atoms with E-state index in [9.17, 15) is 0 Å². The summed E-state index contributed by atoms with van der Waals surface area (Å²) in [4.78, 5) is 7.65. The van der Waals surface area contributed by atoms with Crippen LogP contribution in [-0.2, 0) is 16.7 Å². The van der Waals surface area contributed by atoms with Crippen LogP contribution in [0.1, 0.15) is 24.7 Å². The summed E-state index contributed by atoms with van der Waals surface area (Å²) in [5.41, 5.74) is 2.45. The number of nitrogens with one attached hydrogen (secondary N) is 2. The average Bonchev–Trinajstić information content (AvgIpc) is 2.75. The Morgan fingerprint density at radius 2 is 2.57 bits per heavy atom. The van der Waals surface area contributed by atoms with Crippen molar-refractivity contribution in [2.75, 3.05) is 13.2 Å². The molecule has 76 valence electrons. The normalized spacial score (nSPS) is 36.2. The van der Waals surface area contributed by atoms with E-state index in [4.69, 9.17) is 4.74 Å². The van der Waals surface area contributed by atoms with Gasteiger partial charge in [0.1, 0.15) is 0 Å². The van der Waals surface area contributed by atoms with Gasteiger partial charge in [-0.1, -0.05) is 0 Å². The molecule has 2 N–H and O–H groups in total. The molecule has 2 unspecified atom stereocenters. The van der Waals surface area contributed by atoms with Gasteiger partial charge >= 0.3 is 0 Å². The molecule has 0 radical (unpaired) electrons. The van der Waals surface area contributed by atoms with Crippen LogP contribution in [0, 0.1) is 0 Å². The minimum Gasteiger partial charge on any atom is -0.376 e. The van der Waals surface area contributed by atoms with Crippen molar-refractivity contribution in [1.29, 1.82) is 0 Å². The second-order valence-corrected chi connectivity index (χ2v) is 4.31. The van der Waals surface area contributed by atoms with E-state index in [1.54, 1.807) is 6.33 Å². The molecule has 1 aromatic rings. The maximum Gasteiger partial charge on any atom is 0.0926 e. The summed E-state index contributed by atoms with van der Waals surface area (Å²) in [6.07, 6.45) is 4.21. The molecule has 1 aromatic heterocycles. The number of hydrogen-bond donors (Lipinski definition) is 2. The van der Waals surface area contributed by atoms with Gasteiger partial charge in [0.05, 0.1) is 30.3 Å². The third-order valence-corrected chi connectivity index (χ3v) is 3.26. The standard InChI is InChI=1S/C10H15N3O/c1-7-4-10(5-14-7)9-8(2-3-13-10)11-6-12-9/h6-7,13H,2-5H2,1H3,(H,11,12). The summed E-state index contributed by atoms with van der Waals surface area (Å²) >= 11 is 0. The number of aromatic amines is 1. The molecule has 1 saturated heterocycles. The predicted molar refractivity (Wildman–Crippen MR) is 52.0 cm³/mol. The lowest BCUT2D eigenvalue weighted by atomic mass is 9.87. The van der Waals surface area contributed by atoms with Crippen LogP contribution < -0.4 is 5.32 Å². The Labute approximate surface area is 83.1 Å². The van der Waals surface area contributed by atoms with Crippen molar-refractivity contribution in [2.45, 2.75) is 31.4 Å². The summed E-state index contributed by atoms with van der Waals surface area (Å²) in [6, 6.07) is 0. The Bertz CT molecular complexity index is 349. The number of rotatable bonds is 0. The number of fused-ring (bicyclic) bond motifs is 2. The Morgan fingerprint density at radius 1 is 1.64 bits per heavy atom. The van der Waals surface area contributed by atoms with E-state index in [1.165, 1.54) is 11.4 Å². The van der Waals surface area contributed by atoms with Gasteiger partial charge in [0.15, 0.2) is 0 Å². The van der Waals surface area contributed by atoms with E-state index in [1.807, 2.05) is 0 Å². The molecular weight excluding hydrogens is 178 g/mol. The van der Waals surface area contributed by atoms with Gasteiger partial charge in [-0.2, -0.15) is 0 Å². The van der Waals surface area contributed by atoms with Crippen LogP contribution in [0.2, 0.25) is 0 Å². The van der Waals surface area contributed by atoms with Gasteiger partial charge in [-0.15, -0.1) is 0 Å². The van der Waals surface area contributed by atoms with E-state index in [0.29, 0.717) is 6.10 Å². The van der Waals surface area contributed by atoms with E-state index < -0.39 is 0 Å². The molecule has 2 aliphatic rings. The highest BCUT2D eigenvalue weighted by Gasteiger charge is 2.44. The van der Waals surface area contributed by atoms with Crippen LogP contribution in [0.4, 0.5) is 0 Å². The van der Waals surface area contributed by atoms with E-state index >= 15 is 0 Å². The minimum atomic E-state index is -0.00694. The van der Waals surface area contributed by atoms with Crippen LogP contribution >= 0.6 is 0 Å². The minimum absolute atomic E-state index is 0.00694. The number of ether oxygens (including phenoxy) is 1. The van der Waals surface area contributed by atoms with Gasteiger partial charge in [-0.05, 0) is 13.3 Å². The topological polar surface area (TPSA) is 49.9 Å². The van der Waals surface area contributed by atoms with Gasteiger partial charge in [-0.3, -0.25) is 0 Å². The first-order valence-corrected chi connectivity index (χ1v) is 5.19. The zero-order valence-corrected chi connectivity index (χ0v) is 8.34. The number of nitrogens with zero attached hydrogens (tertiary/aromatic N) is 1. The first-order valence-electron chi connectivity index (χ1n) is 5.19. The van der Waals surface area contributed by atoms with Crippen molar-refractivity contribution < 1.29 is 4.74 Å². The molecule has 4 nitrogen and oxygen atoms in total. The summed E-state index contributed by atoms with van der Waals surface area (Å²) in [6.45, 7) is 3.90. The lowest BCUT2D eigenvalue weighted by molar-refractivity contribution is 0.110. The molecular formula is C10H15N3O. The SMILES string of the molecule is CC1CC2(CO1)NCCc1[nH]cnc12. The van der Waals surface area contributed by atoms with Crippen molar-refractivity contribution in [1.82, 2.24) is 15.3 Å². The molecule has 3 heterocycles. The van der Waals surface area contributed by atoms with Gasteiger partial charge in [0, 0.05) is 18.7 Å². The predicted octanol–water partition coefficient (Wildman–Crippen LogP) is 0.559. The smallest absolute Gasteiger partial charge is 0.0926 e. The second kappa shape index (κ2) is 2.81. The molecule has 4 heteroatoms. The van der Waals surface area contributed by atoms with Crippen molar-refractivity contribution in [3.05, 3.63) is 17.7 Å². The van der Waals surface area contributed by atoms with Gasteiger partial charge in [0.25, 0.3) is 0 Å². The molecule has 2 aliphatic heterocycles. The molecule has 0 saturated carbocycles. The third-order valence-electron chi connectivity index (χ3n) is 3.26. The lowest BCUT2D eigenvalue weighted by Gasteiger charge is -2.32. The summed E-state index contributed by atoms with van der Waals surface area (Å²) in [5.74, 6) is 0. The lowest BCUT2D eigenvalue weighted by Crippen LogP contribution is -2.48. The van der Waals surface area contributed by atoms with E-state index in [0.717, 1.165) is 26.0 Å². The molecule has 0 aromatic carbocycles. The van der Waals surface area contributed by atoms with Crippen LogP contribution in [0.5, 0.6) is 0 Å². The second-order valence-electron chi connectivity index (χ2n) is 4.31. The van der Waals surface area contributed by atoms with Crippen molar-refractivity contribution in [2.24, 2.45) is 0 Å². The first kappa shape index (κ1) is 8.44. The molecule has 1 spiro atoms. The molecule has 14 heavy (non-hydrogen) atoms. The van der Waals surface area contributed by atoms with E-state index in [-0.39, 0.29) is 5.54 Å². The average molecular weight is 193 g/mol. The fourth-order valence-corrected chi connectivity index (χ4v) is 2.62. The summed E-state index contributed by atoms with van der Waals surface area (Å²) in [5, 5.41) is 3.56. The van der Waals surface area contributed by atoms with Crippen LogP contribution in [0.25, 0.3) is 0 Å². The van der Waals surface area contributed by atoms with Crippen LogP contribution in [-0.4, -0.2) is 29.2 Å². The zero-order chi connectivity index (χ0) is 9.60. The van der Waals surface area contributed by atoms with Crippen LogP contribution in [0.3, 0.4) is 0 Å². The van der Waals surface area contributed by atoms with Gasteiger partial charge < -0.3 is 15.0 Å². The van der Waals surface area contributed by atoms with Crippen molar-refractivity contribution >= 4 is 0 Å². The third kappa shape index (κ3) is 1.04. The maximum atomic E-state index is 5.66. The molecule has 3 rings (SSSR count). The molecule has 1 fully saturated rings.